The molecule has 0 atom stereocenters. The Labute approximate surface area is 142 Å². The Kier molecular flexibility index (Phi) is 4.73. The summed E-state index contributed by atoms with van der Waals surface area (Å²) in [4.78, 5) is 16.5. The largest absolute Gasteiger partial charge is 0.495 e. The van der Waals surface area contributed by atoms with Gasteiger partial charge in [0.2, 0.25) is 5.91 Å². The van der Waals surface area contributed by atoms with Crippen LogP contribution in [-0.4, -0.2) is 28.2 Å². The zero-order chi connectivity index (χ0) is 16.2. The van der Waals surface area contributed by atoms with E-state index in [9.17, 15) is 4.79 Å². The number of amides is 1. The van der Waals surface area contributed by atoms with E-state index in [1.807, 2.05) is 28.8 Å². The molecule has 118 valence electrons. The van der Waals surface area contributed by atoms with Crippen LogP contribution in [0.1, 0.15) is 0 Å². The van der Waals surface area contributed by atoms with Crippen LogP contribution in [0.25, 0.3) is 5.52 Å². The maximum Gasteiger partial charge on any atom is 0.234 e. The van der Waals surface area contributed by atoms with Crippen LogP contribution in [0.3, 0.4) is 0 Å². The molecular weight excluding hydrogens is 334 g/mol. The molecule has 0 spiro atoms. The van der Waals surface area contributed by atoms with Crippen molar-refractivity contribution < 1.29 is 9.53 Å². The number of ether oxygens (including phenoxy) is 1. The molecule has 2 heterocycles. The van der Waals surface area contributed by atoms with Crippen molar-refractivity contribution in [2.45, 2.75) is 5.16 Å². The Morgan fingerprint density at radius 1 is 1.39 bits per heavy atom. The fourth-order valence-corrected chi connectivity index (χ4v) is 3.06. The van der Waals surface area contributed by atoms with Crippen molar-refractivity contribution in [2.75, 3.05) is 18.2 Å². The number of benzene rings is 1. The molecule has 7 heteroatoms. The number of hydrogen-bond donors (Lipinski definition) is 1. The highest BCUT2D eigenvalue weighted by Crippen LogP contribution is 2.28. The SMILES string of the molecule is COc1ccc(Cl)cc1NC(=O)CSc1ncc2ccccn12. The Hall–Kier alpha value is -2.18. The molecule has 1 aromatic carbocycles. The van der Waals surface area contributed by atoms with Crippen LogP contribution in [0, 0.1) is 0 Å². The lowest BCUT2D eigenvalue weighted by atomic mass is 10.3. The van der Waals surface area contributed by atoms with Crippen molar-refractivity contribution >= 4 is 40.5 Å². The number of pyridine rings is 1. The number of hydrogen-bond acceptors (Lipinski definition) is 4. The van der Waals surface area contributed by atoms with Crippen molar-refractivity contribution in [3.8, 4) is 5.75 Å². The molecule has 0 aliphatic heterocycles. The summed E-state index contributed by atoms with van der Waals surface area (Å²) in [5, 5.41) is 4.11. The van der Waals surface area contributed by atoms with Gasteiger partial charge < -0.3 is 10.1 Å². The maximum absolute atomic E-state index is 12.2. The third kappa shape index (κ3) is 3.60. The fraction of sp³-hybridized carbons (Fsp3) is 0.125. The highest BCUT2D eigenvalue weighted by Gasteiger charge is 2.11. The number of carbonyl (C=O) groups excluding carboxylic acids is 1. The molecule has 2 aromatic heterocycles. The van der Waals surface area contributed by atoms with Gasteiger partial charge in [0.1, 0.15) is 5.75 Å². The minimum absolute atomic E-state index is 0.150. The minimum Gasteiger partial charge on any atom is -0.495 e. The molecule has 0 saturated heterocycles. The summed E-state index contributed by atoms with van der Waals surface area (Å²) >= 11 is 7.32. The van der Waals surface area contributed by atoms with Gasteiger partial charge in [-0.3, -0.25) is 9.20 Å². The molecule has 0 saturated carbocycles. The molecule has 3 rings (SSSR count). The van der Waals surface area contributed by atoms with Crippen molar-refractivity contribution in [3.63, 3.8) is 0 Å². The number of imidazole rings is 1. The molecule has 0 fully saturated rings. The summed E-state index contributed by atoms with van der Waals surface area (Å²) in [5.74, 6) is 0.659. The monoisotopic (exact) mass is 347 g/mol. The summed E-state index contributed by atoms with van der Waals surface area (Å²) in [5.41, 5.74) is 1.55. The fourth-order valence-electron chi connectivity index (χ4n) is 2.12. The van der Waals surface area contributed by atoms with Crippen LogP contribution in [0.2, 0.25) is 5.02 Å². The lowest BCUT2D eigenvalue weighted by molar-refractivity contribution is -0.113. The average molecular weight is 348 g/mol. The number of methoxy groups -OCH3 is 1. The van der Waals surface area contributed by atoms with E-state index in [1.54, 1.807) is 31.5 Å². The Balaban J connectivity index is 1.67. The number of halogens is 1. The van der Waals surface area contributed by atoms with Gasteiger partial charge in [0.15, 0.2) is 5.16 Å². The van der Waals surface area contributed by atoms with Crippen molar-refractivity contribution in [3.05, 3.63) is 53.8 Å². The summed E-state index contributed by atoms with van der Waals surface area (Å²) in [6, 6.07) is 10.9. The number of anilines is 1. The number of nitrogens with one attached hydrogen (secondary N) is 1. The highest BCUT2D eigenvalue weighted by molar-refractivity contribution is 7.99. The van der Waals surface area contributed by atoms with Crippen molar-refractivity contribution in [1.82, 2.24) is 9.38 Å². The normalized spacial score (nSPS) is 10.7. The number of rotatable bonds is 5. The summed E-state index contributed by atoms with van der Waals surface area (Å²) in [6.45, 7) is 0. The highest BCUT2D eigenvalue weighted by atomic mass is 35.5. The van der Waals surface area contributed by atoms with Crippen LogP contribution in [0.5, 0.6) is 5.75 Å². The molecule has 1 amide bonds. The molecule has 5 nitrogen and oxygen atoms in total. The zero-order valence-electron chi connectivity index (χ0n) is 12.3. The van der Waals surface area contributed by atoms with Crippen molar-refractivity contribution in [1.29, 1.82) is 0 Å². The van der Waals surface area contributed by atoms with E-state index in [1.165, 1.54) is 11.8 Å². The molecule has 0 aliphatic rings. The van der Waals surface area contributed by atoms with Gasteiger partial charge in [-0.2, -0.15) is 0 Å². The van der Waals surface area contributed by atoms with Gasteiger partial charge in [-0.25, -0.2) is 4.98 Å². The number of fused-ring (bicyclic) bond motifs is 1. The molecule has 0 radical (unpaired) electrons. The Morgan fingerprint density at radius 2 is 2.26 bits per heavy atom. The van der Waals surface area contributed by atoms with Crippen LogP contribution in [-0.2, 0) is 4.79 Å². The summed E-state index contributed by atoms with van der Waals surface area (Å²) in [7, 11) is 1.55. The van der Waals surface area contributed by atoms with Gasteiger partial charge in [0.05, 0.1) is 30.3 Å². The Bertz CT molecular complexity index is 850. The Morgan fingerprint density at radius 3 is 3.09 bits per heavy atom. The maximum atomic E-state index is 12.2. The molecule has 1 N–H and O–H groups in total. The first-order valence-electron chi connectivity index (χ1n) is 6.85. The van der Waals surface area contributed by atoms with E-state index in [-0.39, 0.29) is 11.7 Å². The van der Waals surface area contributed by atoms with Gasteiger partial charge in [0.25, 0.3) is 0 Å². The van der Waals surface area contributed by atoms with Gasteiger partial charge in [0, 0.05) is 11.2 Å². The van der Waals surface area contributed by atoms with Crippen LogP contribution in [0.15, 0.2) is 53.9 Å². The molecule has 3 aromatic rings. The molecule has 0 aliphatic carbocycles. The van der Waals surface area contributed by atoms with E-state index in [4.69, 9.17) is 16.3 Å². The second kappa shape index (κ2) is 6.93. The molecule has 0 bridgehead atoms. The molecule has 23 heavy (non-hydrogen) atoms. The number of carbonyl (C=O) groups is 1. The van der Waals surface area contributed by atoms with Crippen LogP contribution < -0.4 is 10.1 Å². The smallest absolute Gasteiger partial charge is 0.234 e. The predicted molar refractivity (Wildman–Crippen MR) is 92.5 cm³/mol. The minimum atomic E-state index is -0.150. The van der Waals surface area contributed by atoms with Crippen LogP contribution in [0.4, 0.5) is 5.69 Å². The van der Waals surface area contributed by atoms with E-state index in [0.29, 0.717) is 16.5 Å². The third-order valence-corrected chi connectivity index (χ3v) is 4.37. The summed E-state index contributed by atoms with van der Waals surface area (Å²) in [6.07, 6.45) is 3.70. The van der Waals surface area contributed by atoms with E-state index in [2.05, 4.69) is 10.3 Å². The first-order valence-corrected chi connectivity index (χ1v) is 8.22. The van der Waals surface area contributed by atoms with Crippen molar-refractivity contribution in [2.24, 2.45) is 0 Å². The zero-order valence-corrected chi connectivity index (χ0v) is 13.9. The third-order valence-electron chi connectivity index (χ3n) is 3.17. The molecule has 0 unspecified atom stereocenters. The van der Waals surface area contributed by atoms with E-state index >= 15 is 0 Å². The average Bonchev–Trinajstić information content (AvgIpc) is 2.96. The lowest BCUT2D eigenvalue weighted by Crippen LogP contribution is -2.15. The first kappa shape index (κ1) is 15.7. The number of nitrogens with zero attached hydrogens (tertiary/aromatic N) is 2. The summed E-state index contributed by atoms with van der Waals surface area (Å²) < 4.78 is 7.15. The standard InChI is InChI=1S/C16H14ClN3O2S/c1-22-14-6-5-11(17)8-13(14)19-15(21)10-23-16-18-9-12-4-2-3-7-20(12)16/h2-9H,10H2,1H3,(H,19,21). The van der Waals surface area contributed by atoms with Crippen LogP contribution >= 0.6 is 23.4 Å². The van der Waals surface area contributed by atoms with Gasteiger partial charge in [-0.15, -0.1) is 0 Å². The lowest BCUT2D eigenvalue weighted by Gasteiger charge is -2.10. The second-order valence-corrected chi connectivity index (χ2v) is 6.10. The quantitative estimate of drug-likeness (QED) is 0.714. The van der Waals surface area contributed by atoms with E-state index < -0.39 is 0 Å². The van der Waals surface area contributed by atoms with Gasteiger partial charge >= 0.3 is 0 Å². The van der Waals surface area contributed by atoms with Gasteiger partial charge in [-0.05, 0) is 30.3 Å². The first-order chi connectivity index (χ1) is 11.2. The number of thioether (sulfide) groups is 1. The topological polar surface area (TPSA) is 55.6 Å². The number of aromatic nitrogens is 2. The predicted octanol–water partition coefficient (Wildman–Crippen LogP) is 3.73. The second-order valence-electron chi connectivity index (χ2n) is 4.72. The molecular formula is C16H14ClN3O2S. The van der Waals surface area contributed by atoms with E-state index in [0.717, 1.165) is 10.7 Å². The van der Waals surface area contributed by atoms with Gasteiger partial charge in [-0.1, -0.05) is 29.4 Å².